The molecular formula is C27H25F3N6O2S. The largest absolute Gasteiger partial charge is 0.573 e. The van der Waals surface area contributed by atoms with Gasteiger partial charge in [0.05, 0.1) is 11.4 Å². The van der Waals surface area contributed by atoms with E-state index in [0.717, 1.165) is 11.3 Å². The summed E-state index contributed by atoms with van der Waals surface area (Å²) in [6.07, 6.45) is -3.33. The van der Waals surface area contributed by atoms with Gasteiger partial charge in [-0.3, -0.25) is 0 Å². The normalized spacial score (nSPS) is 11.4. The Morgan fingerprint density at radius 3 is 2.41 bits per heavy atom. The Hall–Kier alpha value is -4.45. The Morgan fingerprint density at radius 2 is 1.79 bits per heavy atom. The summed E-state index contributed by atoms with van der Waals surface area (Å²) < 4.78 is 42.6. The van der Waals surface area contributed by atoms with Crippen LogP contribution >= 0.6 is 12.2 Å². The van der Waals surface area contributed by atoms with Crippen molar-refractivity contribution >= 4 is 34.7 Å². The number of rotatable bonds is 6. The summed E-state index contributed by atoms with van der Waals surface area (Å²) in [6.45, 7) is 5.92. The Bertz CT molecular complexity index is 1500. The van der Waals surface area contributed by atoms with E-state index in [-0.39, 0.29) is 16.8 Å². The lowest BCUT2D eigenvalue weighted by molar-refractivity contribution is -0.274. The molecule has 12 heteroatoms. The molecule has 0 aliphatic rings. The van der Waals surface area contributed by atoms with Gasteiger partial charge in [0, 0.05) is 11.3 Å². The molecule has 0 atom stereocenters. The zero-order valence-electron chi connectivity index (χ0n) is 21.2. The summed E-state index contributed by atoms with van der Waals surface area (Å²) in [5, 5.41) is 7.69. The van der Waals surface area contributed by atoms with Crippen molar-refractivity contribution in [3.8, 4) is 22.8 Å². The Balaban J connectivity index is 1.56. The van der Waals surface area contributed by atoms with E-state index in [2.05, 4.69) is 34.0 Å². The number of ether oxygens (including phenoxy) is 1. The van der Waals surface area contributed by atoms with Crippen LogP contribution in [-0.2, 0) is 0 Å². The number of aromatic nitrogens is 3. The van der Waals surface area contributed by atoms with Crippen LogP contribution in [0.4, 0.5) is 29.3 Å². The molecule has 3 aromatic carbocycles. The number of carbonyl (C=O) groups excluding carboxylic acids is 1. The maximum atomic E-state index is 12.4. The predicted octanol–water partition coefficient (Wildman–Crippen LogP) is 6.55. The molecule has 202 valence electrons. The number of nitrogens with one attached hydrogen (secondary N) is 1. The minimum absolute atomic E-state index is 0.131. The summed E-state index contributed by atoms with van der Waals surface area (Å²) >= 11 is 5.56. The number of hydrogen-bond acceptors (Lipinski definition) is 5. The number of primary amides is 1. The van der Waals surface area contributed by atoms with Crippen molar-refractivity contribution in [3.63, 3.8) is 0 Å². The van der Waals surface area contributed by atoms with Gasteiger partial charge in [0.2, 0.25) is 0 Å². The number of hydrogen-bond donors (Lipinski definition) is 2. The molecule has 0 aliphatic heterocycles. The van der Waals surface area contributed by atoms with Gasteiger partial charge in [0.25, 0.3) is 0 Å². The zero-order valence-corrected chi connectivity index (χ0v) is 22.0. The number of aryl methyl sites for hydroxylation is 1. The average Bonchev–Trinajstić information content (AvgIpc) is 3.35. The van der Waals surface area contributed by atoms with E-state index in [0.29, 0.717) is 28.3 Å². The van der Waals surface area contributed by atoms with Crippen molar-refractivity contribution in [1.82, 2.24) is 14.8 Å². The van der Waals surface area contributed by atoms with Crippen LogP contribution in [0.3, 0.4) is 0 Å². The molecule has 0 fully saturated rings. The van der Waals surface area contributed by atoms with E-state index in [1.165, 1.54) is 40.2 Å². The minimum Gasteiger partial charge on any atom is -0.406 e. The van der Waals surface area contributed by atoms with Crippen molar-refractivity contribution in [2.75, 3.05) is 10.2 Å². The predicted molar refractivity (Wildman–Crippen MR) is 147 cm³/mol. The number of para-hydroxylation sites is 1. The van der Waals surface area contributed by atoms with Crippen molar-refractivity contribution in [3.05, 3.63) is 84.2 Å². The Labute approximate surface area is 228 Å². The number of alkyl halides is 3. The third-order valence-corrected chi connectivity index (χ3v) is 6.06. The average molecular weight is 555 g/mol. The van der Waals surface area contributed by atoms with Crippen LogP contribution in [0, 0.1) is 6.92 Å². The number of thiocarbonyl (C=S) groups is 1. The van der Waals surface area contributed by atoms with E-state index in [1.54, 1.807) is 25.1 Å². The molecule has 39 heavy (non-hydrogen) atoms. The summed E-state index contributed by atoms with van der Waals surface area (Å²) in [6, 6.07) is 17.4. The van der Waals surface area contributed by atoms with Gasteiger partial charge in [-0.1, -0.05) is 32.0 Å². The number of anilines is 2. The first-order valence-electron chi connectivity index (χ1n) is 11.8. The van der Waals surface area contributed by atoms with Crippen LogP contribution in [0.1, 0.15) is 30.9 Å². The SMILES string of the molecule is Cc1cc(-c2ncn(-c3ccc(OC(F)(F)F)cc3)n2)ccc1N(C(N)=O)C(=S)Nc1ccccc1C(C)C. The standard InChI is InChI=1S/C27H25F3N6O2S/c1-16(2)21-6-4-5-7-22(21)33-26(39)36(25(31)37)23-13-8-18(14-17(23)3)24-32-15-35(34-24)19-9-11-20(12-10-19)38-27(28,29)30/h4-16H,1-3H3,(H2,31,37)(H,33,39). The van der Waals surface area contributed by atoms with Crippen molar-refractivity contribution < 1.29 is 22.7 Å². The third-order valence-electron chi connectivity index (χ3n) is 5.77. The van der Waals surface area contributed by atoms with Crippen LogP contribution in [0.2, 0.25) is 0 Å². The second-order valence-electron chi connectivity index (χ2n) is 8.90. The molecule has 0 aliphatic carbocycles. The molecule has 0 radical (unpaired) electrons. The molecule has 3 N–H and O–H groups in total. The van der Waals surface area contributed by atoms with E-state index in [4.69, 9.17) is 18.0 Å². The fourth-order valence-corrected chi connectivity index (χ4v) is 4.28. The molecule has 4 aromatic rings. The summed E-state index contributed by atoms with van der Waals surface area (Å²) in [7, 11) is 0. The molecule has 0 bridgehead atoms. The number of benzene rings is 3. The zero-order chi connectivity index (χ0) is 28.3. The maximum Gasteiger partial charge on any atom is 0.573 e. The maximum absolute atomic E-state index is 12.4. The van der Waals surface area contributed by atoms with Crippen LogP contribution in [-0.4, -0.2) is 32.3 Å². The van der Waals surface area contributed by atoms with Gasteiger partial charge in [-0.2, -0.15) is 0 Å². The highest BCUT2D eigenvalue weighted by molar-refractivity contribution is 7.80. The van der Waals surface area contributed by atoms with E-state index >= 15 is 0 Å². The van der Waals surface area contributed by atoms with Gasteiger partial charge in [0.15, 0.2) is 10.9 Å². The highest BCUT2D eigenvalue weighted by atomic mass is 32.1. The lowest BCUT2D eigenvalue weighted by atomic mass is 10.0. The lowest BCUT2D eigenvalue weighted by Gasteiger charge is -2.25. The van der Waals surface area contributed by atoms with Crippen LogP contribution in [0.25, 0.3) is 17.1 Å². The topological polar surface area (TPSA) is 98.3 Å². The number of halogens is 3. The number of nitrogens with zero attached hydrogens (tertiary/aromatic N) is 4. The molecule has 8 nitrogen and oxygen atoms in total. The molecule has 2 amide bonds. The number of carbonyl (C=O) groups is 1. The van der Waals surface area contributed by atoms with E-state index < -0.39 is 12.4 Å². The molecule has 0 spiro atoms. The van der Waals surface area contributed by atoms with E-state index in [1.807, 2.05) is 24.3 Å². The molecule has 0 saturated heterocycles. The first kappa shape index (κ1) is 27.6. The van der Waals surface area contributed by atoms with Gasteiger partial charge in [-0.25, -0.2) is 19.4 Å². The van der Waals surface area contributed by atoms with Gasteiger partial charge >= 0.3 is 12.4 Å². The van der Waals surface area contributed by atoms with E-state index in [9.17, 15) is 18.0 Å². The smallest absolute Gasteiger partial charge is 0.406 e. The Kier molecular flexibility index (Phi) is 7.86. The highest BCUT2D eigenvalue weighted by Crippen LogP contribution is 2.29. The Morgan fingerprint density at radius 1 is 1.10 bits per heavy atom. The van der Waals surface area contributed by atoms with Crippen molar-refractivity contribution in [1.29, 1.82) is 0 Å². The minimum atomic E-state index is -4.77. The number of nitrogens with two attached hydrogens (primary N) is 1. The number of amides is 2. The second-order valence-corrected chi connectivity index (χ2v) is 9.29. The van der Waals surface area contributed by atoms with Crippen LogP contribution in [0.15, 0.2) is 73.1 Å². The molecular weight excluding hydrogens is 529 g/mol. The fourth-order valence-electron chi connectivity index (χ4n) is 3.98. The molecule has 0 saturated carbocycles. The first-order valence-corrected chi connectivity index (χ1v) is 12.2. The first-order chi connectivity index (χ1) is 18.4. The fraction of sp³-hybridized carbons (Fsp3) is 0.185. The number of urea groups is 1. The quantitative estimate of drug-likeness (QED) is 0.263. The summed E-state index contributed by atoms with van der Waals surface area (Å²) in [4.78, 5) is 18.0. The van der Waals surface area contributed by atoms with Crippen molar-refractivity contribution in [2.45, 2.75) is 33.1 Å². The highest BCUT2D eigenvalue weighted by Gasteiger charge is 2.31. The van der Waals surface area contributed by atoms with Gasteiger partial charge < -0.3 is 15.8 Å². The third kappa shape index (κ3) is 6.52. The van der Waals surface area contributed by atoms with Crippen LogP contribution in [0.5, 0.6) is 5.75 Å². The molecule has 4 rings (SSSR count). The second kappa shape index (κ2) is 11.1. The van der Waals surface area contributed by atoms with Crippen molar-refractivity contribution in [2.24, 2.45) is 5.73 Å². The summed E-state index contributed by atoms with van der Waals surface area (Å²) in [5.41, 5.74) is 9.87. The molecule has 1 aromatic heterocycles. The van der Waals surface area contributed by atoms with Gasteiger partial charge in [-0.15, -0.1) is 18.3 Å². The summed E-state index contributed by atoms with van der Waals surface area (Å²) in [5.74, 6) is 0.271. The van der Waals surface area contributed by atoms with Crippen LogP contribution < -0.4 is 20.7 Å². The lowest BCUT2D eigenvalue weighted by Crippen LogP contribution is -2.43. The monoisotopic (exact) mass is 554 g/mol. The van der Waals surface area contributed by atoms with Gasteiger partial charge in [0.1, 0.15) is 12.1 Å². The van der Waals surface area contributed by atoms with Gasteiger partial charge in [-0.05, 0) is 84.7 Å². The molecule has 1 heterocycles. The molecule has 0 unspecified atom stereocenters.